The molecule has 94 valence electrons. The van der Waals surface area contributed by atoms with Gasteiger partial charge in [-0.3, -0.25) is 0 Å². The fraction of sp³-hybridized carbons (Fsp3) is 0.500. The van der Waals surface area contributed by atoms with E-state index in [0.29, 0.717) is 0 Å². The summed E-state index contributed by atoms with van der Waals surface area (Å²) >= 11 is 0. The Balaban J connectivity index is 3.09. The lowest BCUT2D eigenvalue weighted by molar-refractivity contribution is -0.138. The van der Waals surface area contributed by atoms with Crippen molar-refractivity contribution in [3.63, 3.8) is 0 Å². The quantitative estimate of drug-likeness (QED) is 0.853. The molecule has 1 aromatic carbocycles. The molecule has 0 fully saturated rings. The first-order valence-corrected chi connectivity index (χ1v) is 6.04. The Hall–Kier alpha value is -1.51. The van der Waals surface area contributed by atoms with E-state index in [1.54, 1.807) is 6.92 Å². The zero-order valence-corrected chi connectivity index (χ0v) is 11.0. The Morgan fingerprint density at radius 2 is 2.06 bits per heavy atom. The summed E-state index contributed by atoms with van der Waals surface area (Å²) in [5.74, 6) is -0.779. The van der Waals surface area contributed by atoms with E-state index in [4.69, 9.17) is 5.11 Å². The van der Waals surface area contributed by atoms with Crippen molar-refractivity contribution in [3.8, 4) is 0 Å². The van der Waals surface area contributed by atoms with Crippen LogP contribution in [-0.4, -0.2) is 23.7 Å². The third-order valence-electron chi connectivity index (χ3n) is 2.95. The van der Waals surface area contributed by atoms with Crippen molar-refractivity contribution in [3.05, 3.63) is 29.3 Å². The van der Waals surface area contributed by atoms with Crippen LogP contribution in [0.3, 0.4) is 0 Å². The molecule has 0 unspecified atom stereocenters. The maximum Gasteiger partial charge on any atom is 0.326 e. The van der Waals surface area contributed by atoms with Crippen molar-refractivity contribution in [1.82, 2.24) is 0 Å². The van der Waals surface area contributed by atoms with Gasteiger partial charge in [-0.05, 0) is 38.8 Å². The number of carboxylic acid groups (broad SMARTS) is 1. The molecule has 3 nitrogen and oxygen atoms in total. The van der Waals surface area contributed by atoms with Gasteiger partial charge in [-0.2, -0.15) is 0 Å². The highest BCUT2D eigenvalue weighted by Crippen LogP contribution is 2.23. The molecule has 1 N–H and O–H groups in total. The first-order chi connectivity index (χ1) is 7.97. The normalized spacial score (nSPS) is 12.2. The van der Waals surface area contributed by atoms with Crippen molar-refractivity contribution in [2.75, 3.05) is 11.4 Å². The average molecular weight is 235 g/mol. The monoisotopic (exact) mass is 235 g/mol. The van der Waals surface area contributed by atoms with Crippen molar-refractivity contribution in [2.24, 2.45) is 0 Å². The van der Waals surface area contributed by atoms with Gasteiger partial charge >= 0.3 is 5.97 Å². The van der Waals surface area contributed by atoms with E-state index < -0.39 is 12.0 Å². The molecule has 3 heteroatoms. The molecule has 1 aromatic rings. The van der Waals surface area contributed by atoms with E-state index in [-0.39, 0.29) is 0 Å². The molecule has 1 atom stereocenters. The minimum absolute atomic E-state index is 0.489. The van der Waals surface area contributed by atoms with Crippen LogP contribution in [0.5, 0.6) is 0 Å². The maximum absolute atomic E-state index is 11.1. The number of nitrogens with zero attached hydrogens (tertiary/aromatic N) is 1. The van der Waals surface area contributed by atoms with Gasteiger partial charge < -0.3 is 10.0 Å². The van der Waals surface area contributed by atoms with Gasteiger partial charge in [-0.25, -0.2) is 4.79 Å². The Labute approximate surface area is 103 Å². The average Bonchev–Trinajstić information content (AvgIpc) is 2.26. The maximum atomic E-state index is 11.1. The lowest BCUT2D eigenvalue weighted by Crippen LogP contribution is -2.40. The highest BCUT2D eigenvalue weighted by molar-refractivity contribution is 5.78. The van der Waals surface area contributed by atoms with Crippen LogP contribution in [0.2, 0.25) is 0 Å². The van der Waals surface area contributed by atoms with E-state index in [1.807, 2.05) is 30.9 Å². The lowest BCUT2D eigenvalue weighted by atomic mass is 10.1. The summed E-state index contributed by atoms with van der Waals surface area (Å²) < 4.78 is 0. The van der Waals surface area contributed by atoms with E-state index in [9.17, 15) is 4.79 Å². The van der Waals surface area contributed by atoms with Crippen LogP contribution in [-0.2, 0) is 4.79 Å². The van der Waals surface area contributed by atoms with Crippen LogP contribution in [0.15, 0.2) is 18.2 Å². The number of aryl methyl sites for hydroxylation is 2. The van der Waals surface area contributed by atoms with Crippen LogP contribution < -0.4 is 4.90 Å². The van der Waals surface area contributed by atoms with Crippen molar-refractivity contribution < 1.29 is 9.90 Å². The molecule has 1 rings (SSSR count). The summed E-state index contributed by atoms with van der Waals surface area (Å²) in [6.45, 7) is 8.63. The Morgan fingerprint density at radius 3 is 2.53 bits per heavy atom. The molecule has 0 aliphatic carbocycles. The highest BCUT2D eigenvalue weighted by Gasteiger charge is 2.21. The molecule has 0 saturated carbocycles. The molecule has 0 heterocycles. The zero-order chi connectivity index (χ0) is 13.0. The van der Waals surface area contributed by atoms with Crippen LogP contribution in [0.25, 0.3) is 0 Å². The van der Waals surface area contributed by atoms with Crippen LogP contribution in [0.1, 0.15) is 31.4 Å². The lowest BCUT2D eigenvalue weighted by Gasteiger charge is -2.30. The first kappa shape index (κ1) is 13.6. The molecule has 0 saturated heterocycles. The highest BCUT2D eigenvalue weighted by atomic mass is 16.4. The molecule has 0 bridgehead atoms. The molecular formula is C14H21NO2. The van der Waals surface area contributed by atoms with Gasteiger partial charge in [0.25, 0.3) is 0 Å². The predicted molar refractivity (Wildman–Crippen MR) is 70.7 cm³/mol. The van der Waals surface area contributed by atoms with Crippen LogP contribution in [0.4, 0.5) is 5.69 Å². The SMILES string of the molecule is CCCN(c1ccc(C)cc1C)[C@H](C)C(=O)O. The minimum atomic E-state index is -0.779. The standard InChI is InChI=1S/C14H21NO2/c1-5-8-15(12(4)14(16)17)13-7-6-10(2)9-11(13)3/h6-7,9,12H,5,8H2,1-4H3,(H,16,17)/t12-/m1/s1. The largest absolute Gasteiger partial charge is 0.480 e. The number of carboxylic acids is 1. The van der Waals surface area contributed by atoms with Gasteiger partial charge in [0.2, 0.25) is 0 Å². The van der Waals surface area contributed by atoms with E-state index >= 15 is 0 Å². The zero-order valence-electron chi connectivity index (χ0n) is 11.0. The molecule has 0 aromatic heterocycles. The second-order valence-corrected chi connectivity index (χ2v) is 4.50. The van der Waals surface area contributed by atoms with Crippen LogP contribution in [0, 0.1) is 13.8 Å². The fourth-order valence-corrected chi connectivity index (χ4v) is 2.02. The van der Waals surface area contributed by atoms with Gasteiger partial charge in [0, 0.05) is 12.2 Å². The Morgan fingerprint density at radius 1 is 1.41 bits per heavy atom. The van der Waals surface area contributed by atoms with Crippen molar-refractivity contribution in [2.45, 2.75) is 40.2 Å². The second-order valence-electron chi connectivity index (χ2n) is 4.50. The van der Waals surface area contributed by atoms with E-state index in [1.165, 1.54) is 5.56 Å². The summed E-state index contributed by atoms with van der Waals surface area (Å²) in [7, 11) is 0. The summed E-state index contributed by atoms with van der Waals surface area (Å²) in [4.78, 5) is 13.1. The Kier molecular flexibility index (Phi) is 4.55. The Bertz CT molecular complexity index is 401. The molecular weight excluding hydrogens is 214 g/mol. The number of benzene rings is 1. The van der Waals surface area contributed by atoms with E-state index in [2.05, 4.69) is 13.0 Å². The number of rotatable bonds is 5. The number of carbonyl (C=O) groups is 1. The number of hydrogen-bond donors (Lipinski definition) is 1. The molecule has 0 spiro atoms. The first-order valence-electron chi connectivity index (χ1n) is 6.04. The molecule has 0 aliphatic heterocycles. The van der Waals surface area contributed by atoms with Gasteiger partial charge in [0.05, 0.1) is 0 Å². The van der Waals surface area contributed by atoms with Gasteiger partial charge in [-0.1, -0.05) is 24.6 Å². The van der Waals surface area contributed by atoms with Crippen LogP contribution >= 0.6 is 0 Å². The summed E-state index contributed by atoms with van der Waals surface area (Å²) in [6.07, 6.45) is 0.935. The van der Waals surface area contributed by atoms with Gasteiger partial charge in [-0.15, -0.1) is 0 Å². The molecule has 0 amide bonds. The second kappa shape index (κ2) is 5.71. The summed E-state index contributed by atoms with van der Waals surface area (Å²) in [5.41, 5.74) is 3.35. The number of aliphatic carboxylic acids is 1. The topological polar surface area (TPSA) is 40.5 Å². The number of hydrogen-bond acceptors (Lipinski definition) is 2. The fourth-order valence-electron chi connectivity index (χ4n) is 2.02. The third kappa shape index (κ3) is 3.22. The third-order valence-corrected chi connectivity index (χ3v) is 2.95. The van der Waals surface area contributed by atoms with Gasteiger partial charge in [0.15, 0.2) is 0 Å². The summed E-state index contributed by atoms with van der Waals surface area (Å²) in [6, 6.07) is 5.64. The number of anilines is 1. The van der Waals surface area contributed by atoms with Crippen molar-refractivity contribution >= 4 is 11.7 Å². The van der Waals surface area contributed by atoms with Gasteiger partial charge in [0.1, 0.15) is 6.04 Å². The summed E-state index contributed by atoms with van der Waals surface area (Å²) in [5, 5.41) is 9.14. The molecule has 0 aliphatic rings. The van der Waals surface area contributed by atoms with E-state index in [0.717, 1.165) is 24.2 Å². The predicted octanol–water partition coefficient (Wildman–Crippen LogP) is 2.99. The molecule has 0 radical (unpaired) electrons. The molecule has 17 heavy (non-hydrogen) atoms. The minimum Gasteiger partial charge on any atom is -0.480 e. The van der Waals surface area contributed by atoms with Crippen molar-refractivity contribution in [1.29, 1.82) is 0 Å². The smallest absolute Gasteiger partial charge is 0.326 e.